The molecule has 0 saturated heterocycles. The number of amides is 1. The van der Waals surface area contributed by atoms with Gasteiger partial charge in [0.05, 0.1) is 14.2 Å². The van der Waals surface area contributed by atoms with Crippen LogP contribution in [0, 0.1) is 0 Å². The molecule has 0 unspecified atom stereocenters. The number of carbonyl (C=O) groups is 1. The number of carbonyl (C=O) groups excluding carboxylic acids is 1. The van der Waals surface area contributed by atoms with Gasteiger partial charge in [-0.25, -0.2) is 19.6 Å². The van der Waals surface area contributed by atoms with Crippen molar-refractivity contribution < 1.29 is 14.3 Å². The summed E-state index contributed by atoms with van der Waals surface area (Å²) in [5.41, 5.74) is 0.795. The number of hydrogen-bond acceptors (Lipinski definition) is 7. The van der Waals surface area contributed by atoms with Crippen molar-refractivity contribution in [1.29, 1.82) is 0 Å². The molecule has 0 fully saturated rings. The van der Waals surface area contributed by atoms with E-state index in [0.29, 0.717) is 23.1 Å². The molecule has 3 rings (SSSR count). The van der Waals surface area contributed by atoms with Crippen molar-refractivity contribution in [1.82, 2.24) is 24.7 Å². The average Bonchev–Trinajstić information content (AvgIpc) is 3.21. The lowest BCUT2D eigenvalue weighted by atomic mass is 10.2. The second-order valence-electron chi connectivity index (χ2n) is 5.04. The Kier molecular flexibility index (Phi) is 5.18. The van der Waals surface area contributed by atoms with Crippen molar-refractivity contribution in [2.45, 2.75) is 0 Å². The molecule has 3 aromatic rings. The zero-order chi connectivity index (χ0) is 18.4. The SMILES string of the molecule is COc1ccc(/C=C/C(=O)Nc2cc(-n3cncn3)ncn2)cc1OC. The molecule has 0 atom stereocenters. The van der Waals surface area contributed by atoms with E-state index in [9.17, 15) is 4.79 Å². The van der Waals surface area contributed by atoms with Gasteiger partial charge >= 0.3 is 0 Å². The fourth-order valence-corrected chi connectivity index (χ4v) is 2.16. The van der Waals surface area contributed by atoms with Crippen molar-refractivity contribution in [3.8, 4) is 17.3 Å². The van der Waals surface area contributed by atoms with Crippen LogP contribution in [0.2, 0.25) is 0 Å². The van der Waals surface area contributed by atoms with Crippen LogP contribution in [0.1, 0.15) is 5.56 Å². The van der Waals surface area contributed by atoms with Gasteiger partial charge < -0.3 is 14.8 Å². The number of aromatic nitrogens is 5. The minimum absolute atomic E-state index is 0.331. The number of methoxy groups -OCH3 is 2. The predicted octanol–water partition coefficient (Wildman–Crippen LogP) is 1.73. The molecule has 26 heavy (non-hydrogen) atoms. The molecular weight excluding hydrogens is 336 g/mol. The Hall–Kier alpha value is -3.75. The summed E-state index contributed by atoms with van der Waals surface area (Å²) in [7, 11) is 3.12. The van der Waals surface area contributed by atoms with E-state index in [2.05, 4.69) is 25.4 Å². The van der Waals surface area contributed by atoms with Crippen LogP contribution in [0.5, 0.6) is 11.5 Å². The molecule has 2 aromatic heterocycles. The Labute approximate surface area is 149 Å². The van der Waals surface area contributed by atoms with E-state index >= 15 is 0 Å². The smallest absolute Gasteiger partial charge is 0.249 e. The third kappa shape index (κ3) is 4.01. The number of ether oxygens (including phenoxy) is 2. The van der Waals surface area contributed by atoms with Crippen molar-refractivity contribution in [3.05, 3.63) is 54.9 Å². The fourth-order valence-electron chi connectivity index (χ4n) is 2.16. The van der Waals surface area contributed by atoms with Gasteiger partial charge in [-0.3, -0.25) is 4.79 Å². The Morgan fingerprint density at radius 1 is 1.12 bits per heavy atom. The van der Waals surface area contributed by atoms with E-state index in [0.717, 1.165) is 5.56 Å². The van der Waals surface area contributed by atoms with E-state index in [-0.39, 0.29) is 5.91 Å². The Morgan fingerprint density at radius 3 is 2.69 bits per heavy atom. The van der Waals surface area contributed by atoms with Crippen molar-refractivity contribution in [3.63, 3.8) is 0 Å². The maximum atomic E-state index is 12.1. The van der Waals surface area contributed by atoms with Crippen LogP contribution in [0.4, 0.5) is 5.82 Å². The second kappa shape index (κ2) is 7.88. The van der Waals surface area contributed by atoms with Crippen LogP contribution in [-0.2, 0) is 4.79 Å². The summed E-state index contributed by atoms with van der Waals surface area (Å²) in [5, 5.41) is 6.65. The molecule has 0 saturated carbocycles. The van der Waals surface area contributed by atoms with Crippen molar-refractivity contribution in [2.24, 2.45) is 0 Å². The highest BCUT2D eigenvalue weighted by molar-refractivity contribution is 6.01. The molecule has 9 nitrogen and oxygen atoms in total. The first-order valence-corrected chi connectivity index (χ1v) is 7.57. The lowest BCUT2D eigenvalue weighted by Gasteiger charge is -2.07. The highest BCUT2D eigenvalue weighted by atomic mass is 16.5. The van der Waals surface area contributed by atoms with Gasteiger partial charge in [0.15, 0.2) is 17.3 Å². The average molecular weight is 352 g/mol. The molecule has 2 heterocycles. The maximum Gasteiger partial charge on any atom is 0.249 e. The number of nitrogens with zero attached hydrogens (tertiary/aromatic N) is 5. The number of nitrogens with one attached hydrogen (secondary N) is 1. The molecule has 132 valence electrons. The quantitative estimate of drug-likeness (QED) is 0.674. The summed E-state index contributed by atoms with van der Waals surface area (Å²) in [6, 6.07) is 6.96. The first-order chi connectivity index (χ1) is 12.7. The molecular formula is C17H16N6O3. The molecule has 0 aliphatic carbocycles. The molecule has 0 radical (unpaired) electrons. The standard InChI is InChI=1S/C17H16N6O3/c1-25-13-5-3-12(7-14(13)26-2)4-6-17(24)22-15-8-16(20-10-19-15)23-11-18-9-21-23/h3-11H,1-2H3,(H,19,20,22,24)/b6-4+. The highest BCUT2D eigenvalue weighted by Gasteiger charge is 2.05. The number of benzene rings is 1. The van der Waals surface area contributed by atoms with Gasteiger partial charge in [0.2, 0.25) is 5.91 Å². The van der Waals surface area contributed by atoms with Gasteiger partial charge in [0.25, 0.3) is 0 Å². The minimum Gasteiger partial charge on any atom is -0.493 e. The molecule has 1 aromatic carbocycles. The Bertz CT molecular complexity index is 924. The number of hydrogen-bond donors (Lipinski definition) is 1. The van der Waals surface area contributed by atoms with Crippen LogP contribution in [0.15, 0.2) is 49.3 Å². The fraction of sp³-hybridized carbons (Fsp3) is 0.118. The Morgan fingerprint density at radius 2 is 1.96 bits per heavy atom. The summed E-state index contributed by atoms with van der Waals surface area (Å²) in [5.74, 6) is 1.73. The van der Waals surface area contributed by atoms with Gasteiger partial charge in [-0.15, -0.1) is 0 Å². The summed E-state index contributed by atoms with van der Waals surface area (Å²) < 4.78 is 11.9. The molecule has 1 amide bonds. The molecule has 0 aliphatic rings. The summed E-state index contributed by atoms with van der Waals surface area (Å²) in [4.78, 5) is 24.1. The van der Waals surface area contributed by atoms with Crippen LogP contribution in [0.25, 0.3) is 11.9 Å². The van der Waals surface area contributed by atoms with Gasteiger partial charge in [0, 0.05) is 12.1 Å². The normalized spacial score (nSPS) is 10.7. The largest absolute Gasteiger partial charge is 0.493 e. The third-order valence-corrected chi connectivity index (χ3v) is 3.39. The molecule has 0 aliphatic heterocycles. The lowest BCUT2D eigenvalue weighted by molar-refractivity contribution is -0.111. The zero-order valence-electron chi connectivity index (χ0n) is 14.2. The second-order valence-corrected chi connectivity index (χ2v) is 5.04. The molecule has 0 spiro atoms. The lowest BCUT2D eigenvalue weighted by Crippen LogP contribution is -2.10. The van der Waals surface area contributed by atoms with Gasteiger partial charge in [0.1, 0.15) is 24.8 Å². The summed E-state index contributed by atoms with van der Waals surface area (Å²) in [6.07, 6.45) is 7.30. The monoisotopic (exact) mass is 352 g/mol. The van der Waals surface area contributed by atoms with Crippen LogP contribution in [0.3, 0.4) is 0 Å². The summed E-state index contributed by atoms with van der Waals surface area (Å²) >= 11 is 0. The van der Waals surface area contributed by atoms with Crippen LogP contribution < -0.4 is 14.8 Å². The van der Waals surface area contributed by atoms with Crippen LogP contribution in [-0.4, -0.2) is 44.9 Å². The van der Waals surface area contributed by atoms with Crippen LogP contribution >= 0.6 is 0 Å². The van der Waals surface area contributed by atoms with Crippen molar-refractivity contribution in [2.75, 3.05) is 19.5 Å². The van der Waals surface area contributed by atoms with Gasteiger partial charge in [-0.2, -0.15) is 5.10 Å². The molecule has 0 bridgehead atoms. The summed E-state index contributed by atoms with van der Waals surface area (Å²) in [6.45, 7) is 0. The topological polar surface area (TPSA) is 104 Å². The minimum atomic E-state index is -0.331. The van der Waals surface area contributed by atoms with E-state index in [1.165, 1.54) is 29.7 Å². The number of rotatable bonds is 6. The van der Waals surface area contributed by atoms with E-state index in [1.807, 2.05) is 6.07 Å². The number of anilines is 1. The van der Waals surface area contributed by atoms with E-state index in [1.54, 1.807) is 38.5 Å². The Balaban J connectivity index is 1.69. The van der Waals surface area contributed by atoms with Gasteiger partial charge in [-0.05, 0) is 23.8 Å². The third-order valence-electron chi connectivity index (χ3n) is 3.39. The zero-order valence-corrected chi connectivity index (χ0v) is 14.2. The molecule has 9 heteroatoms. The van der Waals surface area contributed by atoms with E-state index in [4.69, 9.17) is 9.47 Å². The molecule has 1 N–H and O–H groups in total. The van der Waals surface area contributed by atoms with Gasteiger partial charge in [-0.1, -0.05) is 6.07 Å². The maximum absolute atomic E-state index is 12.1. The predicted molar refractivity (Wildman–Crippen MR) is 94.2 cm³/mol. The first kappa shape index (κ1) is 17.1. The first-order valence-electron chi connectivity index (χ1n) is 7.57. The highest BCUT2D eigenvalue weighted by Crippen LogP contribution is 2.27. The van der Waals surface area contributed by atoms with E-state index < -0.39 is 0 Å². The van der Waals surface area contributed by atoms with Crippen molar-refractivity contribution >= 4 is 17.8 Å².